The van der Waals surface area contributed by atoms with Crippen molar-refractivity contribution in [3.8, 4) is 16.9 Å². The molecule has 1 aromatic heterocycles. The average Bonchev–Trinajstić information content (AvgIpc) is 3.63. The molecule has 2 aromatic carbocycles. The van der Waals surface area contributed by atoms with Gasteiger partial charge in [-0.25, -0.2) is 14.8 Å². The van der Waals surface area contributed by atoms with Crippen LogP contribution in [0.1, 0.15) is 39.9 Å². The number of para-hydroxylation sites is 1. The molecule has 200 valence electrons. The van der Waals surface area contributed by atoms with Crippen molar-refractivity contribution in [2.75, 3.05) is 37.6 Å². The minimum absolute atomic E-state index is 0.0147. The van der Waals surface area contributed by atoms with Gasteiger partial charge < -0.3 is 24.8 Å². The second-order valence-electron chi connectivity index (χ2n) is 10.3. The molecule has 3 saturated heterocycles. The van der Waals surface area contributed by atoms with Crippen LogP contribution in [-0.4, -0.2) is 77.1 Å². The number of carbonyl (C=O) groups is 2. The van der Waals surface area contributed by atoms with Gasteiger partial charge in [0.2, 0.25) is 5.95 Å². The molecule has 11 heteroatoms. The molecule has 5 heterocycles. The smallest absolute Gasteiger partial charge is 0.387 e. The Morgan fingerprint density at radius 2 is 1.77 bits per heavy atom. The number of ether oxygens (including phenoxy) is 1. The fourth-order valence-electron chi connectivity index (χ4n) is 6.48. The molecular weight excluding hydrogens is 506 g/mol. The molecule has 4 aliphatic rings. The van der Waals surface area contributed by atoms with Gasteiger partial charge in [-0.1, -0.05) is 24.3 Å². The third-order valence-electron chi connectivity index (χ3n) is 8.28. The third-order valence-corrected chi connectivity index (χ3v) is 8.28. The number of rotatable bonds is 5. The van der Waals surface area contributed by atoms with E-state index in [1.165, 1.54) is 0 Å². The van der Waals surface area contributed by atoms with Crippen LogP contribution in [0.4, 0.5) is 19.5 Å². The van der Waals surface area contributed by atoms with E-state index in [2.05, 4.69) is 20.2 Å². The summed E-state index contributed by atoms with van der Waals surface area (Å²) in [6, 6.07) is 12.4. The molecule has 3 aromatic rings. The van der Waals surface area contributed by atoms with E-state index >= 15 is 0 Å². The van der Waals surface area contributed by atoms with Gasteiger partial charge in [0.15, 0.2) is 0 Å². The minimum atomic E-state index is -2.92. The monoisotopic (exact) mass is 532 g/mol. The van der Waals surface area contributed by atoms with Crippen molar-refractivity contribution in [1.29, 1.82) is 0 Å². The predicted octanol–water partition coefficient (Wildman–Crippen LogP) is 3.64. The molecule has 0 unspecified atom stereocenters. The largest absolute Gasteiger partial charge is 0.435 e. The second kappa shape index (κ2) is 9.18. The minimum Gasteiger partial charge on any atom is -0.435 e. The first-order valence-corrected chi connectivity index (χ1v) is 13.1. The van der Waals surface area contributed by atoms with Crippen LogP contribution >= 0.6 is 0 Å². The highest BCUT2D eigenvalue weighted by Crippen LogP contribution is 2.51. The lowest BCUT2D eigenvalue weighted by atomic mass is 9.86. The van der Waals surface area contributed by atoms with E-state index in [1.54, 1.807) is 24.5 Å². The number of anilines is 1. The molecule has 0 radical (unpaired) electrons. The molecule has 4 aliphatic heterocycles. The molecule has 7 rings (SSSR count). The van der Waals surface area contributed by atoms with Crippen molar-refractivity contribution in [2.24, 2.45) is 0 Å². The topological polar surface area (TPSA) is 90.9 Å². The summed E-state index contributed by atoms with van der Waals surface area (Å²) in [6.45, 7) is 0.226. The average molecular weight is 533 g/mol. The number of aromatic nitrogens is 2. The number of urea groups is 1. The molecule has 0 aliphatic carbocycles. The van der Waals surface area contributed by atoms with Gasteiger partial charge in [0.25, 0.3) is 5.91 Å². The third kappa shape index (κ3) is 3.95. The number of nitrogens with one attached hydrogen (secondary N) is 1. The Morgan fingerprint density at radius 3 is 2.59 bits per heavy atom. The van der Waals surface area contributed by atoms with Crippen molar-refractivity contribution in [3.63, 3.8) is 0 Å². The fourth-order valence-corrected chi connectivity index (χ4v) is 6.48. The van der Waals surface area contributed by atoms with E-state index in [4.69, 9.17) is 4.74 Å². The summed E-state index contributed by atoms with van der Waals surface area (Å²) >= 11 is 0. The highest BCUT2D eigenvalue weighted by molar-refractivity contribution is 6.00. The van der Waals surface area contributed by atoms with Gasteiger partial charge in [0.1, 0.15) is 5.75 Å². The number of halogens is 2. The molecule has 39 heavy (non-hydrogen) atoms. The second-order valence-corrected chi connectivity index (χ2v) is 10.3. The summed E-state index contributed by atoms with van der Waals surface area (Å²) in [5.74, 6) is 0.572. The fraction of sp³-hybridized carbons (Fsp3) is 0.357. The number of hydrogen-bond acceptors (Lipinski definition) is 6. The van der Waals surface area contributed by atoms with Crippen LogP contribution < -0.4 is 15.0 Å². The number of piperazine rings is 1. The molecular formula is C28H26F2N6O3. The quantitative estimate of drug-likeness (QED) is 0.540. The molecule has 9 nitrogen and oxygen atoms in total. The number of benzene rings is 2. The maximum absolute atomic E-state index is 13.2. The van der Waals surface area contributed by atoms with Crippen molar-refractivity contribution in [1.82, 2.24) is 25.1 Å². The lowest BCUT2D eigenvalue weighted by Crippen LogP contribution is -2.52. The first-order chi connectivity index (χ1) is 19.0. The van der Waals surface area contributed by atoms with Crippen LogP contribution in [0.25, 0.3) is 11.1 Å². The lowest BCUT2D eigenvalue weighted by molar-refractivity contribution is -0.0507. The normalized spacial score (nSPS) is 23.7. The number of alkyl halides is 2. The zero-order valence-corrected chi connectivity index (χ0v) is 21.0. The van der Waals surface area contributed by atoms with Crippen molar-refractivity contribution in [2.45, 2.75) is 31.0 Å². The van der Waals surface area contributed by atoms with Gasteiger partial charge in [0.05, 0.1) is 12.1 Å². The van der Waals surface area contributed by atoms with E-state index in [0.29, 0.717) is 56.2 Å². The van der Waals surface area contributed by atoms with Crippen molar-refractivity contribution in [3.05, 3.63) is 71.5 Å². The maximum atomic E-state index is 13.2. The Hall–Kier alpha value is -4.28. The summed E-state index contributed by atoms with van der Waals surface area (Å²) in [6.07, 6.45) is 4.22. The van der Waals surface area contributed by atoms with Crippen LogP contribution in [0, 0.1) is 0 Å². The number of fused-ring (bicyclic) bond motifs is 4. The number of nitrogens with zero attached hydrogens (tertiary/aromatic N) is 5. The van der Waals surface area contributed by atoms with E-state index in [1.807, 2.05) is 40.1 Å². The first kappa shape index (κ1) is 23.8. The molecule has 3 amide bonds. The zero-order valence-electron chi connectivity index (χ0n) is 21.0. The molecule has 0 spiro atoms. The van der Waals surface area contributed by atoms with Crippen molar-refractivity contribution >= 4 is 17.9 Å². The van der Waals surface area contributed by atoms with Crippen LogP contribution in [0.15, 0.2) is 54.9 Å². The highest BCUT2D eigenvalue weighted by Gasteiger charge is 2.47. The Labute approximate surface area is 223 Å². The molecule has 0 bridgehead atoms. The Balaban J connectivity index is 1.16. The molecule has 1 N–H and O–H groups in total. The maximum Gasteiger partial charge on any atom is 0.387 e. The summed E-state index contributed by atoms with van der Waals surface area (Å²) in [4.78, 5) is 40.1. The van der Waals surface area contributed by atoms with Gasteiger partial charge >= 0.3 is 12.6 Å². The Morgan fingerprint density at radius 1 is 0.949 bits per heavy atom. The SMILES string of the molecule is O=C1NC[C@@H]2CN(c3ncc(-c4ccc5c(c4)[C@H]4[C@@H](c6ccccc6OC(F)F)CCN4C5=O)cn3)CCN12. The van der Waals surface area contributed by atoms with E-state index in [-0.39, 0.29) is 35.7 Å². The molecule has 0 saturated carbocycles. The van der Waals surface area contributed by atoms with Gasteiger partial charge in [-0.15, -0.1) is 0 Å². The molecule has 3 atom stereocenters. The van der Waals surface area contributed by atoms with E-state index in [9.17, 15) is 18.4 Å². The Kier molecular flexibility index (Phi) is 5.60. The van der Waals surface area contributed by atoms with Crippen LogP contribution in [0.2, 0.25) is 0 Å². The van der Waals surface area contributed by atoms with Gasteiger partial charge in [-0.3, -0.25) is 4.79 Å². The zero-order chi connectivity index (χ0) is 26.7. The summed E-state index contributed by atoms with van der Waals surface area (Å²) < 4.78 is 31.0. The van der Waals surface area contributed by atoms with Gasteiger partial charge in [0, 0.05) is 62.2 Å². The highest BCUT2D eigenvalue weighted by atomic mass is 19.3. The first-order valence-electron chi connectivity index (χ1n) is 13.1. The lowest BCUT2D eigenvalue weighted by Gasteiger charge is -2.36. The van der Waals surface area contributed by atoms with E-state index < -0.39 is 6.61 Å². The number of hydrogen-bond donors (Lipinski definition) is 1. The van der Waals surface area contributed by atoms with Crippen LogP contribution in [0.5, 0.6) is 5.75 Å². The van der Waals surface area contributed by atoms with Crippen LogP contribution in [-0.2, 0) is 0 Å². The Bertz CT molecular complexity index is 1450. The van der Waals surface area contributed by atoms with Gasteiger partial charge in [-0.05, 0) is 41.3 Å². The standard InChI is InChI=1S/C28H26F2N6O3/c29-26(30)39-23-4-2-1-3-19(23)20-7-8-36-24(20)22-11-16(5-6-21(22)25(36)37)17-12-31-27(32-13-17)34-9-10-35-18(15-34)14-33-28(35)38/h1-6,11-13,18,20,24,26H,7-10,14-15H2,(H,33,38)/t18-,20-,24-/m1/s1. The van der Waals surface area contributed by atoms with Crippen molar-refractivity contribution < 1.29 is 23.1 Å². The summed E-state index contributed by atoms with van der Waals surface area (Å²) in [5.41, 5.74) is 3.90. The number of amides is 3. The van der Waals surface area contributed by atoms with Gasteiger partial charge in [-0.2, -0.15) is 8.78 Å². The van der Waals surface area contributed by atoms with E-state index in [0.717, 1.165) is 16.7 Å². The number of carbonyl (C=O) groups excluding carboxylic acids is 2. The predicted molar refractivity (Wildman–Crippen MR) is 138 cm³/mol. The molecule has 3 fully saturated rings. The summed E-state index contributed by atoms with van der Waals surface area (Å²) in [5, 5.41) is 2.88. The van der Waals surface area contributed by atoms with Crippen LogP contribution in [0.3, 0.4) is 0 Å². The summed E-state index contributed by atoms with van der Waals surface area (Å²) in [7, 11) is 0.